The molecule has 0 heterocycles. The standard InChI is InChI=1S/C35H63NO3/c1-22(9-10-25(37)30(39)26(38)21-36)23-13-18-32(4)24(23)14-19-34(6)28(32)11-12-29-33(5)17-8-16-31(2,3)27(33)15-20-35(29,34)7/h22-30,37-39H,8-21,36H2,1-7H3/t22?,23-,24+,25?,26?,27+,28-,29-,30-,32+,33+,34-,35-/m1/s1. The molecule has 0 spiro atoms. The van der Waals surface area contributed by atoms with Crippen LogP contribution in [0.3, 0.4) is 0 Å². The highest BCUT2D eigenvalue weighted by Crippen LogP contribution is 2.78. The van der Waals surface area contributed by atoms with Crippen LogP contribution >= 0.6 is 0 Å². The Kier molecular flexibility index (Phi) is 7.95. The quantitative estimate of drug-likeness (QED) is 0.279. The molecule has 226 valence electrons. The lowest BCUT2D eigenvalue weighted by molar-refractivity contribution is -0.241. The summed E-state index contributed by atoms with van der Waals surface area (Å²) < 4.78 is 0. The maximum Gasteiger partial charge on any atom is 0.107 e. The molecular weight excluding hydrogens is 482 g/mol. The van der Waals surface area contributed by atoms with Crippen molar-refractivity contribution in [1.29, 1.82) is 0 Å². The Morgan fingerprint density at radius 2 is 1.28 bits per heavy atom. The molecule has 0 aliphatic heterocycles. The van der Waals surface area contributed by atoms with E-state index in [1.807, 2.05) is 0 Å². The predicted molar refractivity (Wildman–Crippen MR) is 160 cm³/mol. The van der Waals surface area contributed by atoms with E-state index in [2.05, 4.69) is 48.5 Å². The molecule has 0 saturated heterocycles. The van der Waals surface area contributed by atoms with E-state index in [1.165, 1.54) is 70.6 Å². The van der Waals surface area contributed by atoms with Gasteiger partial charge >= 0.3 is 0 Å². The van der Waals surface area contributed by atoms with Crippen molar-refractivity contribution in [2.24, 2.45) is 68.3 Å². The van der Waals surface area contributed by atoms with Crippen molar-refractivity contribution in [3.05, 3.63) is 0 Å². The van der Waals surface area contributed by atoms with Gasteiger partial charge in [0.15, 0.2) is 0 Å². The first-order chi connectivity index (χ1) is 18.2. The first kappa shape index (κ1) is 30.3. The maximum atomic E-state index is 10.5. The minimum atomic E-state index is -1.14. The smallest absolute Gasteiger partial charge is 0.107 e. The molecule has 5 rings (SSSR count). The van der Waals surface area contributed by atoms with Crippen LogP contribution in [0, 0.1) is 62.6 Å². The molecule has 4 nitrogen and oxygen atoms in total. The fraction of sp³-hybridized carbons (Fsp3) is 1.00. The van der Waals surface area contributed by atoms with Crippen molar-refractivity contribution in [2.75, 3.05) is 6.54 Å². The molecule has 4 heteroatoms. The molecule has 5 aliphatic carbocycles. The third-order valence-corrected chi connectivity index (χ3v) is 15.4. The summed E-state index contributed by atoms with van der Waals surface area (Å²) in [5.74, 6) is 4.61. The Hall–Kier alpha value is -0.160. The minimum absolute atomic E-state index is 0.0195. The van der Waals surface area contributed by atoms with Crippen LogP contribution < -0.4 is 5.73 Å². The van der Waals surface area contributed by atoms with E-state index in [0.29, 0.717) is 45.3 Å². The summed E-state index contributed by atoms with van der Waals surface area (Å²) in [5.41, 5.74) is 7.83. The first-order valence-corrected chi connectivity index (χ1v) is 16.9. The lowest BCUT2D eigenvalue weighted by atomic mass is 9.32. The monoisotopic (exact) mass is 545 g/mol. The van der Waals surface area contributed by atoms with Gasteiger partial charge in [-0.1, -0.05) is 54.9 Å². The summed E-state index contributed by atoms with van der Waals surface area (Å²) >= 11 is 0. The Morgan fingerprint density at radius 1 is 0.667 bits per heavy atom. The van der Waals surface area contributed by atoms with Crippen LogP contribution in [-0.4, -0.2) is 40.2 Å². The third kappa shape index (κ3) is 4.42. The van der Waals surface area contributed by atoms with Gasteiger partial charge in [0, 0.05) is 6.54 Å². The molecule has 5 N–H and O–H groups in total. The molecule has 0 amide bonds. The molecular formula is C35H63NO3. The van der Waals surface area contributed by atoms with Gasteiger partial charge in [0.05, 0.1) is 12.2 Å². The number of nitrogens with two attached hydrogens (primary N) is 1. The van der Waals surface area contributed by atoms with Gasteiger partial charge in [-0.2, -0.15) is 0 Å². The van der Waals surface area contributed by atoms with Crippen molar-refractivity contribution in [3.63, 3.8) is 0 Å². The van der Waals surface area contributed by atoms with E-state index in [-0.39, 0.29) is 6.54 Å². The van der Waals surface area contributed by atoms with E-state index in [9.17, 15) is 15.3 Å². The number of aliphatic hydroxyl groups excluding tert-OH is 3. The zero-order chi connectivity index (χ0) is 28.6. The van der Waals surface area contributed by atoms with Gasteiger partial charge in [0.2, 0.25) is 0 Å². The van der Waals surface area contributed by atoms with Gasteiger partial charge in [-0.25, -0.2) is 0 Å². The van der Waals surface area contributed by atoms with Crippen LogP contribution in [0.1, 0.15) is 132 Å². The second-order valence-corrected chi connectivity index (χ2v) is 17.2. The van der Waals surface area contributed by atoms with E-state index in [1.54, 1.807) is 0 Å². The fourth-order valence-corrected chi connectivity index (χ4v) is 13.2. The molecule has 0 aromatic carbocycles. The third-order valence-electron chi connectivity index (χ3n) is 15.4. The summed E-state index contributed by atoms with van der Waals surface area (Å²) in [6.45, 7) is 18.4. The summed E-state index contributed by atoms with van der Waals surface area (Å²) in [7, 11) is 0. The molecule has 0 radical (unpaired) electrons. The SMILES string of the molecule is CC(CCC(O)[C@@H](O)C(O)CN)[C@H]1CC[C@]2(C)[C@H]3CC[C@@H]4[C@@]5(C)CCCC(C)(C)[C@@H]5CC[C@@]4(C)[C@]3(C)CC[C@@H]12. The zero-order valence-electron chi connectivity index (χ0n) is 26.5. The molecule has 39 heavy (non-hydrogen) atoms. The summed E-state index contributed by atoms with van der Waals surface area (Å²) in [6, 6.07) is 0. The Balaban J connectivity index is 1.33. The number of fused-ring (bicyclic) bond motifs is 7. The van der Waals surface area contributed by atoms with Crippen LogP contribution in [0.4, 0.5) is 0 Å². The molecule has 3 unspecified atom stereocenters. The van der Waals surface area contributed by atoms with Crippen LogP contribution in [0.15, 0.2) is 0 Å². The average Bonchev–Trinajstić information content (AvgIpc) is 3.23. The van der Waals surface area contributed by atoms with Crippen molar-refractivity contribution in [1.82, 2.24) is 0 Å². The number of rotatable bonds is 7. The Labute approximate surface area is 240 Å². The Morgan fingerprint density at radius 3 is 1.92 bits per heavy atom. The molecule has 5 aliphatic rings. The molecule has 0 aromatic rings. The van der Waals surface area contributed by atoms with Gasteiger partial charge in [-0.05, 0) is 140 Å². The average molecular weight is 546 g/mol. The predicted octanol–water partition coefficient (Wildman–Crippen LogP) is 6.94. The number of hydrogen-bond acceptors (Lipinski definition) is 4. The fourth-order valence-electron chi connectivity index (χ4n) is 13.2. The van der Waals surface area contributed by atoms with Crippen molar-refractivity contribution < 1.29 is 15.3 Å². The van der Waals surface area contributed by atoms with Crippen molar-refractivity contribution in [2.45, 2.75) is 150 Å². The molecule has 13 atom stereocenters. The molecule has 5 fully saturated rings. The lowest BCUT2D eigenvalue weighted by Crippen LogP contribution is -2.65. The van der Waals surface area contributed by atoms with E-state index in [4.69, 9.17) is 5.73 Å². The summed E-state index contributed by atoms with van der Waals surface area (Å²) in [5, 5.41) is 30.6. The molecule has 0 aromatic heterocycles. The number of aliphatic hydroxyl groups is 3. The topological polar surface area (TPSA) is 86.7 Å². The molecule has 0 bridgehead atoms. The summed E-state index contributed by atoms with van der Waals surface area (Å²) in [6.07, 6.45) is 13.8. The summed E-state index contributed by atoms with van der Waals surface area (Å²) in [4.78, 5) is 0. The van der Waals surface area contributed by atoms with Crippen molar-refractivity contribution in [3.8, 4) is 0 Å². The van der Waals surface area contributed by atoms with Gasteiger partial charge in [0.25, 0.3) is 0 Å². The zero-order valence-corrected chi connectivity index (χ0v) is 26.5. The normalized spacial score (nSPS) is 50.1. The van der Waals surface area contributed by atoms with Crippen LogP contribution in [0.2, 0.25) is 0 Å². The van der Waals surface area contributed by atoms with Gasteiger partial charge in [0.1, 0.15) is 6.10 Å². The van der Waals surface area contributed by atoms with Gasteiger partial charge in [-0.15, -0.1) is 0 Å². The highest BCUT2D eigenvalue weighted by Gasteiger charge is 2.70. The Bertz CT molecular complexity index is 891. The maximum absolute atomic E-state index is 10.5. The van der Waals surface area contributed by atoms with Gasteiger partial charge < -0.3 is 21.1 Å². The molecule has 5 saturated carbocycles. The van der Waals surface area contributed by atoms with Crippen LogP contribution in [-0.2, 0) is 0 Å². The number of hydrogen-bond donors (Lipinski definition) is 4. The van der Waals surface area contributed by atoms with E-state index >= 15 is 0 Å². The van der Waals surface area contributed by atoms with Crippen LogP contribution in [0.5, 0.6) is 0 Å². The first-order valence-electron chi connectivity index (χ1n) is 16.9. The van der Waals surface area contributed by atoms with Crippen molar-refractivity contribution >= 4 is 0 Å². The second kappa shape index (κ2) is 10.2. The lowest BCUT2D eigenvalue weighted by Gasteiger charge is -2.73. The minimum Gasteiger partial charge on any atom is -0.390 e. The van der Waals surface area contributed by atoms with Gasteiger partial charge in [-0.3, -0.25) is 0 Å². The highest BCUT2D eigenvalue weighted by atomic mass is 16.4. The van der Waals surface area contributed by atoms with Crippen LogP contribution in [0.25, 0.3) is 0 Å². The largest absolute Gasteiger partial charge is 0.390 e. The second-order valence-electron chi connectivity index (χ2n) is 17.2. The highest BCUT2D eigenvalue weighted by molar-refractivity contribution is 5.19. The van der Waals surface area contributed by atoms with E-state index < -0.39 is 18.3 Å². The van der Waals surface area contributed by atoms with E-state index in [0.717, 1.165) is 30.1 Å².